The van der Waals surface area contributed by atoms with Gasteiger partial charge in [0.15, 0.2) is 5.96 Å². The molecule has 6 N–H and O–H groups in total. The highest BCUT2D eigenvalue weighted by molar-refractivity contribution is 5.76. The van der Waals surface area contributed by atoms with Crippen molar-refractivity contribution < 1.29 is 9.90 Å². The van der Waals surface area contributed by atoms with Crippen LogP contribution in [0.2, 0.25) is 0 Å². The van der Waals surface area contributed by atoms with Crippen molar-refractivity contribution in [2.24, 2.45) is 16.5 Å². The SMILES string of the molecule is NC(N)=N[C@@H]1CN[C@@H](C(=O)O)C1. The topological polar surface area (TPSA) is 114 Å². The average Bonchev–Trinajstić information content (AvgIpc) is 2.34. The van der Waals surface area contributed by atoms with E-state index in [0.29, 0.717) is 13.0 Å². The summed E-state index contributed by atoms with van der Waals surface area (Å²) >= 11 is 0. The molecule has 0 aromatic carbocycles. The molecule has 12 heavy (non-hydrogen) atoms. The van der Waals surface area contributed by atoms with Crippen molar-refractivity contribution >= 4 is 11.9 Å². The summed E-state index contributed by atoms with van der Waals surface area (Å²) in [5.41, 5.74) is 10.3. The first-order valence-electron chi connectivity index (χ1n) is 3.64. The molecule has 1 fully saturated rings. The molecule has 0 unspecified atom stereocenters. The van der Waals surface area contributed by atoms with Crippen LogP contribution in [0.4, 0.5) is 0 Å². The highest BCUT2D eigenvalue weighted by Crippen LogP contribution is 2.09. The number of carboxylic acid groups (broad SMARTS) is 1. The average molecular weight is 172 g/mol. The Hall–Kier alpha value is -1.30. The highest BCUT2D eigenvalue weighted by Gasteiger charge is 2.28. The lowest BCUT2D eigenvalue weighted by atomic mass is 10.2. The molecule has 1 rings (SSSR count). The van der Waals surface area contributed by atoms with E-state index in [-0.39, 0.29) is 12.0 Å². The molecule has 1 saturated heterocycles. The van der Waals surface area contributed by atoms with Crippen molar-refractivity contribution in [1.29, 1.82) is 0 Å². The number of nitrogens with two attached hydrogens (primary N) is 2. The number of aliphatic carboxylic acids is 1. The molecule has 0 aliphatic carbocycles. The number of carboxylic acids is 1. The number of nitrogens with one attached hydrogen (secondary N) is 1. The van der Waals surface area contributed by atoms with Crippen molar-refractivity contribution in [3.63, 3.8) is 0 Å². The second kappa shape index (κ2) is 3.40. The van der Waals surface area contributed by atoms with Crippen LogP contribution in [-0.4, -0.2) is 35.7 Å². The van der Waals surface area contributed by atoms with Crippen molar-refractivity contribution in [2.75, 3.05) is 6.54 Å². The van der Waals surface area contributed by atoms with Gasteiger partial charge in [-0.05, 0) is 6.42 Å². The lowest BCUT2D eigenvalue weighted by Crippen LogP contribution is -2.30. The fourth-order valence-corrected chi connectivity index (χ4v) is 1.21. The van der Waals surface area contributed by atoms with Gasteiger partial charge in [-0.25, -0.2) is 4.99 Å². The smallest absolute Gasteiger partial charge is 0.320 e. The third-order valence-electron chi connectivity index (χ3n) is 1.74. The van der Waals surface area contributed by atoms with E-state index in [4.69, 9.17) is 16.6 Å². The van der Waals surface area contributed by atoms with Gasteiger partial charge in [0, 0.05) is 6.54 Å². The van der Waals surface area contributed by atoms with Crippen molar-refractivity contribution in [3.05, 3.63) is 0 Å². The van der Waals surface area contributed by atoms with Gasteiger partial charge in [0.2, 0.25) is 0 Å². The van der Waals surface area contributed by atoms with E-state index in [2.05, 4.69) is 10.3 Å². The maximum atomic E-state index is 10.5. The fraction of sp³-hybridized carbons (Fsp3) is 0.667. The summed E-state index contributed by atoms with van der Waals surface area (Å²) in [6.07, 6.45) is 0.452. The van der Waals surface area contributed by atoms with Gasteiger partial charge in [-0.3, -0.25) is 4.79 Å². The molecule has 1 heterocycles. The molecule has 1 aliphatic rings. The number of guanidine groups is 1. The van der Waals surface area contributed by atoms with Gasteiger partial charge in [-0.15, -0.1) is 0 Å². The summed E-state index contributed by atoms with van der Waals surface area (Å²) in [6.45, 7) is 0.523. The lowest BCUT2D eigenvalue weighted by Gasteiger charge is -2.01. The predicted molar refractivity (Wildman–Crippen MR) is 43.6 cm³/mol. The van der Waals surface area contributed by atoms with Crippen LogP contribution in [0.3, 0.4) is 0 Å². The first-order valence-corrected chi connectivity index (χ1v) is 3.64. The molecule has 0 spiro atoms. The van der Waals surface area contributed by atoms with E-state index in [1.807, 2.05) is 0 Å². The minimum atomic E-state index is -0.858. The molecular weight excluding hydrogens is 160 g/mol. The Morgan fingerprint density at radius 2 is 2.25 bits per heavy atom. The maximum Gasteiger partial charge on any atom is 0.320 e. The summed E-state index contributed by atoms with van der Waals surface area (Å²) < 4.78 is 0. The Balaban J connectivity index is 2.46. The monoisotopic (exact) mass is 172 g/mol. The molecule has 0 aromatic heterocycles. The molecule has 0 radical (unpaired) electrons. The molecule has 6 heteroatoms. The van der Waals surface area contributed by atoms with Gasteiger partial charge in [-0.2, -0.15) is 0 Å². The number of hydrogen-bond donors (Lipinski definition) is 4. The van der Waals surface area contributed by atoms with Crippen LogP contribution >= 0.6 is 0 Å². The van der Waals surface area contributed by atoms with Gasteiger partial charge in [-0.1, -0.05) is 0 Å². The highest BCUT2D eigenvalue weighted by atomic mass is 16.4. The summed E-state index contributed by atoms with van der Waals surface area (Å²) in [6, 6.07) is -0.616. The zero-order chi connectivity index (χ0) is 9.14. The molecule has 1 aliphatic heterocycles. The van der Waals surface area contributed by atoms with Crippen molar-refractivity contribution in [1.82, 2.24) is 5.32 Å². The Labute approximate surface area is 69.6 Å². The molecule has 0 bridgehead atoms. The molecule has 6 nitrogen and oxygen atoms in total. The summed E-state index contributed by atoms with van der Waals surface area (Å²) in [7, 11) is 0. The number of carbonyl (C=O) groups is 1. The van der Waals surface area contributed by atoms with E-state index >= 15 is 0 Å². The first-order chi connectivity index (χ1) is 5.59. The quantitative estimate of drug-likeness (QED) is 0.286. The Morgan fingerprint density at radius 3 is 2.67 bits per heavy atom. The minimum Gasteiger partial charge on any atom is -0.480 e. The summed E-state index contributed by atoms with van der Waals surface area (Å²) in [5, 5.41) is 11.4. The number of aliphatic imine (C=N–C) groups is 1. The standard InChI is InChI=1S/C6H12N4O2/c7-6(8)10-3-1-4(5(11)12)9-2-3/h3-4,9H,1-2H2,(H,11,12)(H4,7,8,10)/t3-,4+/m0/s1. The largest absolute Gasteiger partial charge is 0.480 e. The van der Waals surface area contributed by atoms with Gasteiger partial charge in [0.1, 0.15) is 6.04 Å². The predicted octanol–water partition coefficient (Wildman–Crippen LogP) is -1.93. The van der Waals surface area contributed by atoms with Gasteiger partial charge >= 0.3 is 5.97 Å². The van der Waals surface area contributed by atoms with Crippen molar-refractivity contribution in [2.45, 2.75) is 18.5 Å². The fourth-order valence-electron chi connectivity index (χ4n) is 1.21. The van der Waals surface area contributed by atoms with Crippen molar-refractivity contribution in [3.8, 4) is 0 Å². The van der Waals surface area contributed by atoms with Gasteiger partial charge in [0.05, 0.1) is 6.04 Å². The van der Waals surface area contributed by atoms with E-state index in [1.165, 1.54) is 0 Å². The van der Waals surface area contributed by atoms with Crippen LogP contribution < -0.4 is 16.8 Å². The number of nitrogens with zero attached hydrogens (tertiary/aromatic N) is 1. The molecular formula is C6H12N4O2. The van der Waals surface area contributed by atoms with Crippen LogP contribution in [0.5, 0.6) is 0 Å². The number of hydrogen-bond acceptors (Lipinski definition) is 3. The molecule has 2 atom stereocenters. The van der Waals surface area contributed by atoms with E-state index in [0.717, 1.165) is 0 Å². The van der Waals surface area contributed by atoms with Crippen LogP contribution in [0, 0.1) is 0 Å². The Morgan fingerprint density at radius 1 is 1.58 bits per heavy atom. The van der Waals surface area contributed by atoms with E-state index in [1.54, 1.807) is 0 Å². The van der Waals surface area contributed by atoms with Gasteiger partial charge in [0.25, 0.3) is 0 Å². The first kappa shape index (κ1) is 8.79. The zero-order valence-electron chi connectivity index (χ0n) is 6.53. The van der Waals surface area contributed by atoms with E-state index in [9.17, 15) is 4.79 Å². The molecule has 0 aromatic rings. The van der Waals surface area contributed by atoms with E-state index < -0.39 is 12.0 Å². The summed E-state index contributed by atoms with van der Waals surface area (Å²) in [4.78, 5) is 14.3. The van der Waals surface area contributed by atoms with Crippen LogP contribution in [0.1, 0.15) is 6.42 Å². The second-order valence-corrected chi connectivity index (χ2v) is 2.74. The minimum absolute atomic E-state index is 0.00726. The zero-order valence-corrected chi connectivity index (χ0v) is 6.53. The van der Waals surface area contributed by atoms with Crippen LogP contribution in [0.25, 0.3) is 0 Å². The van der Waals surface area contributed by atoms with Gasteiger partial charge < -0.3 is 21.9 Å². The Bertz CT molecular complexity index is 212. The second-order valence-electron chi connectivity index (χ2n) is 2.74. The molecule has 68 valence electrons. The maximum absolute atomic E-state index is 10.5. The third-order valence-corrected chi connectivity index (χ3v) is 1.74. The summed E-state index contributed by atoms with van der Waals surface area (Å²) in [5.74, 6) is -0.851. The number of rotatable bonds is 2. The Kier molecular flexibility index (Phi) is 2.49. The molecule has 0 amide bonds. The third kappa shape index (κ3) is 2.09. The van der Waals surface area contributed by atoms with Crippen LogP contribution in [0.15, 0.2) is 4.99 Å². The normalized spacial score (nSPS) is 28.3. The lowest BCUT2D eigenvalue weighted by molar-refractivity contribution is -0.139. The molecule has 0 saturated carbocycles. The van der Waals surface area contributed by atoms with Crippen LogP contribution in [-0.2, 0) is 4.79 Å².